The van der Waals surface area contributed by atoms with Crippen LogP contribution >= 0.6 is 0 Å². The highest BCUT2D eigenvalue weighted by molar-refractivity contribution is 5.92. The van der Waals surface area contributed by atoms with Gasteiger partial charge in [0.15, 0.2) is 5.76 Å². The van der Waals surface area contributed by atoms with Gasteiger partial charge in [0.25, 0.3) is 5.91 Å². The first kappa shape index (κ1) is 14.7. The predicted molar refractivity (Wildman–Crippen MR) is 87.7 cm³/mol. The molecule has 0 atom stereocenters. The number of hydrogen-bond donors (Lipinski definition) is 0. The van der Waals surface area contributed by atoms with Crippen molar-refractivity contribution in [2.75, 3.05) is 13.1 Å². The summed E-state index contributed by atoms with van der Waals surface area (Å²) in [6.45, 7) is 4.14. The maximum absolute atomic E-state index is 12.2. The van der Waals surface area contributed by atoms with Gasteiger partial charge < -0.3 is 13.9 Å². The zero-order valence-electron chi connectivity index (χ0n) is 13.4. The van der Waals surface area contributed by atoms with Crippen LogP contribution in [0.4, 0.5) is 0 Å². The second-order valence-electron chi connectivity index (χ2n) is 6.09. The Kier molecular flexibility index (Phi) is 3.65. The van der Waals surface area contributed by atoms with E-state index < -0.39 is 0 Å². The van der Waals surface area contributed by atoms with E-state index in [-0.39, 0.29) is 11.8 Å². The van der Waals surface area contributed by atoms with Crippen molar-refractivity contribution in [1.29, 1.82) is 0 Å². The molecule has 6 heteroatoms. The second-order valence-corrected chi connectivity index (χ2v) is 6.09. The van der Waals surface area contributed by atoms with E-state index in [4.69, 9.17) is 4.42 Å². The number of furan rings is 1. The fourth-order valence-electron chi connectivity index (χ4n) is 3.05. The van der Waals surface area contributed by atoms with Crippen molar-refractivity contribution in [3.63, 3.8) is 0 Å². The summed E-state index contributed by atoms with van der Waals surface area (Å²) in [5.74, 6) is 1.62. The molecule has 122 valence electrons. The minimum Gasteiger partial charge on any atom is -0.459 e. The number of rotatable bonds is 4. The van der Waals surface area contributed by atoms with Gasteiger partial charge in [0.2, 0.25) is 0 Å². The van der Waals surface area contributed by atoms with Gasteiger partial charge >= 0.3 is 0 Å². The first-order valence-electron chi connectivity index (χ1n) is 7.96. The molecule has 0 unspecified atom stereocenters. The van der Waals surface area contributed by atoms with Crippen LogP contribution in [0.3, 0.4) is 0 Å². The Balaban J connectivity index is 1.48. The average molecular weight is 322 g/mol. The van der Waals surface area contributed by atoms with E-state index in [9.17, 15) is 4.79 Å². The number of pyridine rings is 1. The van der Waals surface area contributed by atoms with Crippen LogP contribution < -0.4 is 0 Å². The van der Waals surface area contributed by atoms with Gasteiger partial charge in [-0.1, -0.05) is 6.07 Å². The molecule has 1 saturated heterocycles. The molecule has 0 radical (unpaired) electrons. The normalized spacial score (nSPS) is 14.6. The van der Waals surface area contributed by atoms with Crippen molar-refractivity contribution in [3.05, 3.63) is 72.0 Å². The molecular weight excluding hydrogens is 304 g/mol. The van der Waals surface area contributed by atoms with Gasteiger partial charge in [0.1, 0.15) is 5.82 Å². The average Bonchev–Trinajstić information content (AvgIpc) is 3.20. The lowest BCUT2D eigenvalue weighted by atomic mass is 9.98. The molecule has 0 aromatic carbocycles. The molecule has 1 aliphatic heterocycles. The van der Waals surface area contributed by atoms with Crippen LogP contribution in [-0.2, 0) is 6.54 Å². The number of likely N-dealkylation sites (tertiary alicyclic amines) is 1. The van der Waals surface area contributed by atoms with Crippen LogP contribution in [-0.4, -0.2) is 38.4 Å². The van der Waals surface area contributed by atoms with Crippen molar-refractivity contribution in [2.45, 2.75) is 19.4 Å². The van der Waals surface area contributed by atoms with E-state index in [1.165, 1.54) is 6.26 Å². The molecule has 3 aromatic heterocycles. The highest BCUT2D eigenvalue weighted by atomic mass is 16.3. The summed E-state index contributed by atoms with van der Waals surface area (Å²) in [4.78, 5) is 22.8. The Morgan fingerprint density at radius 2 is 2.17 bits per heavy atom. The minimum atomic E-state index is -0.0571. The number of aromatic nitrogens is 3. The molecule has 0 saturated carbocycles. The van der Waals surface area contributed by atoms with Crippen molar-refractivity contribution < 1.29 is 9.21 Å². The Hall–Kier alpha value is -2.89. The molecule has 0 aliphatic carbocycles. The lowest BCUT2D eigenvalue weighted by Gasteiger charge is -2.38. The Morgan fingerprint density at radius 3 is 2.88 bits per heavy atom. The summed E-state index contributed by atoms with van der Waals surface area (Å²) in [7, 11) is 0. The minimum absolute atomic E-state index is 0.0571. The van der Waals surface area contributed by atoms with Crippen LogP contribution in [0.1, 0.15) is 33.6 Å². The Bertz CT molecular complexity index is 833. The van der Waals surface area contributed by atoms with E-state index in [0.29, 0.717) is 18.8 Å². The third kappa shape index (κ3) is 2.60. The lowest BCUT2D eigenvalue weighted by molar-refractivity contribution is 0.0558. The number of carbonyl (C=O) groups is 1. The molecule has 1 amide bonds. The maximum atomic E-state index is 12.2. The summed E-state index contributed by atoms with van der Waals surface area (Å²) >= 11 is 0. The second kappa shape index (κ2) is 5.96. The maximum Gasteiger partial charge on any atom is 0.289 e. The first-order valence-corrected chi connectivity index (χ1v) is 7.96. The number of carbonyl (C=O) groups excluding carboxylic acids is 1. The number of hydrogen-bond acceptors (Lipinski definition) is 4. The molecular formula is C18H18N4O2. The van der Waals surface area contributed by atoms with Gasteiger partial charge in [-0.05, 0) is 30.7 Å². The third-order valence-corrected chi connectivity index (χ3v) is 4.42. The van der Waals surface area contributed by atoms with Crippen molar-refractivity contribution in [3.8, 4) is 0 Å². The summed E-state index contributed by atoms with van der Waals surface area (Å²) < 4.78 is 7.39. The lowest BCUT2D eigenvalue weighted by Crippen LogP contribution is -2.49. The van der Waals surface area contributed by atoms with Gasteiger partial charge in [0, 0.05) is 37.4 Å². The van der Waals surface area contributed by atoms with E-state index in [1.807, 2.05) is 18.5 Å². The smallest absolute Gasteiger partial charge is 0.289 e. The highest BCUT2D eigenvalue weighted by Crippen LogP contribution is 2.28. The summed E-state index contributed by atoms with van der Waals surface area (Å²) in [5.41, 5.74) is 2.26. The van der Waals surface area contributed by atoms with Crippen LogP contribution in [0.25, 0.3) is 0 Å². The van der Waals surface area contributed by atoms with Gasteiger partial charge in [0.05, 0.1) is 18.7 Å². The fourth-order valence-corrected chi connectivity index (χ4v) is 3.05. The number of aryl methyl sites for hydroxylation is 1. The zero-order chi connectivity index (χ0) is 16.5. The molecule has 3 aromatic rings. The third-order valence-electron chi connectivity index (χ3n) is 4.42. The molecule has 6 nitrogen and oxygen atoms in total. The highest BCUT2D eigenvalue weighted by Gasteiger charge is 2.36. The van der Waals surface area contributed by atoms with Gasteiger partial charge in [-0.3, -0.25) is 9.78 Å². The molecule has 1 fully saturated rings. The topological polar surface area (TPSA) is 64.2 Å². The summed E-state index contributed by atoms with van der Waals surface area (Å²) in [6, 6.07) is 7.43. The summed E-state index contributed by atoms with van der Waals surface area (Å²) in [5, 5.41) is 0. The number of nitrogens with zero attached hydrogens (tertiary/aromatic N) is 4. The molecule has 4 heterocycles. The molecule has 1 aliphatic rings. The Morgan fingerprint density at radius 1 is 1.29 bits per heavy atom. The van der Waals surface area contributed by atoms with Gasteiger partial charge in [-0.25, -0.2) is 4.98 Å². The van der Waals surface area contributed by atoms with Crippen molar-refractivity contribution in [1.82, 2.24) is 19.4 Å². The zero-order valence-corrected chi connectivity index (χ0v) is 13.4. The Labute approximate surface area is 139 Å². The number of amides is 1. The SMILES string of the molecule is Cc1cnc(C2CN(C(=O)c3ccco3)C2)n1Cc1cccnc1. The molecule has 0 bridgehead atoms. The molecule has 24 heavy (non-hydrogen) atoms. The first-order chi connectivity index (χ1) is 11.7. The molecule has 4 rings (SSSR count). The van der Waals surface area contributed by atoms with Crippen LogP contribution in [0.15, 0.2) is 53.5 Å². The van der Waals surface area contributed by atoms with Gasteiger partial charge in [-0.2, -0.15) is 0 Å². The van der Waals surface area contributed by atoms with Crippen molar-refractivity contribution >= 4 is 5.91 Å². The fraction of sp³-hybridized carbons (Fsp3) is 0.278. The standard InChI is InChI=1S/C18H18N4O2/c1-13-8-20-17(22(13)10-14-4-2-6-19-9-14)15-11-21(12-15)18(23)16-5-3-7-24-16/h2-9,15H,10-12H2,1H3. The largest absolute Gasteiger partial charge is 0.459 e. The van der Waals surface area contributed by atoms with E-state index in [1.54, 1.807) is 23.2 Å². The molecule has 0 N–H and O–H groups in total. The molecule has 0 spiro atoms. The monoisotopic (exact) mass is 322 g/mol. The van der Waals surface area contributed by atoms with Crippen LogP contribution in [0, 0.1) is 6.92 Å². The van der Waals surface area contributed by atoms with E-state index >= 15 is 0 Å². The van der Waals surface area contributed by atoms with E-state index in [2.05, 4.69) is 27.5 Å². The van der Waals surface area contributed by atoms with Gasteiger partial charge in [-0.15, -0.1) is 0 Å². The van der Waals surface area contributed by atoms with Crippen molar-refractivity contribution in [2.24, 2.45) is 0 Å². The summed E-state index contributed by atoms with van der Waals surface area (Å²) in [6.07, 6.45) is 7.06. The predicted octanol–water partition coefficient (Wildman–Crippen LogP) is 2.47. The van der Waals surface area contributed by atoms with E-state index in [0.717, 1.165) is 23.6 Å². The van der Waals surface area contributed by atoms with Crippen LogP contribution in [0.5, 0.6) is 0 Å². The number of imidazole rings is 1. The quantitative estimate of drug-likeness (QED) is 0.740. The van der Waals surface area contributed by atoms with Crippen LogP contribution in [0.2, 0.25) is 0 Å².